The number of rotatable bonds is 4. The van der Waals surface area contributed by atoms with Gasteiger partial charge in [-0.3, -0.25) is 4.79 Å². The Morgan fingerprint density at radius 1 is 1.62 bits per heavy atom. The van der Waals surface area contributed by atoms with Crippen LogP contribution in [0.4, 0.5) is 4.39 Å². The first-order chi connectivity index (χ1) is 7.54. The maximum absolute atomic E-state index is 13.3. The zero-order valence-corrected chi connectivity index (χ0v) is 9.72. The van der Waals surface area contributed by atoms with Crippen LogP contribution in [0.5, 0.6) is 0 Å². The van der Waals surface area contributed by atoms with E-state index in [1.165, 1.54) is 12.1 Å². The monoisotopic (exact) mass is 244 g/mol. The number of hydrogen-bond acceptors (Lipinski definition) is 2. The van der Waals surface area contributed by atoms with Crippen molar-refractivity contribution in [2.45, 2.75) is 19.4 Å². The molecule has 0 saturated heterocycles. The van der Waals surface area contributed by atoms with E-state index in [-0.39, 0.29) is 16.6 Å². The standard InChI is InChI=1S/C11H14ClFN2O/c1-2-8(14)6-15-11(16)9-4-3-7(12)5-10(9)13/h3-5,8H,2,6,14H2,1H3,(H,15,16). The van der Waals surface area contributed by atoms with Crippen molar-refractivity contribution in [1.82, 2.24) is 5.32 Å². The van der Waals surface area contributed by atoms with Crippen molar-refractivity contribution in [3.63, 3.8) is 0 Å². The van der Waals surface area contributed by atoms with Crippen molar-refractivity contribution >= 4 is 17.5 Å². The lowest BCUT2D eigenvalue weighted by atomic mass is 10.2. The topological polar surface area (TPSA) is 55.1 Å². The van der Waals surface area contributed by atoms with Gasteiger partial charge in [-0.25, -0.2) is 4.39 Å². The highest BCUT2D eigenvalue weighted by Gasteiger charge is 2.12. The van der Waals surface area contributed by atoms with E-state index in [2.05, 4.69) is 5.32 Å². The van der Waals surface area contributed by atoms with Gasteiger partial charge in [0, 0.05) is 17.6 Å². The highest BCUT2D eigenvalue weighted by molar-refractivity contribution is 6.30. The smallest absolute Gasteiger partial charge is 0.254 e. The molecular weight excluding hydrogens is 231 g/mol. The molecule has 1 atom stereocenters. The predicted molar refractivity (Wildman–Crippen MR) is 62.0 cm³/mol. The van der Waals surface area contributed by atoms with Gasteiger partial charge in [0.15, 0.2) is 0 Å². The first kappa shape index (κ1) is 12.9. The molecule has 0 aromatic heterocycles. The second kappa shape index (κ2) is 5.82. The third kappa shape index (κ3) is 3.47. The van der Waals surface area contributed by atoms with Crippen molar-refractivity contribution in [2.24, 2.45) is 5.73 Å². The van der Waals surface area contributed by atoms with E-state index < -0.39 is 11.7 Å². The van der Waals surface area contributed by atoms with E-state index in [0.29, 0.717) is 6.54 Å². The lowest BCUT2D eigenvalue weighted by Gasteiger charge is -2.10. The molecule has 1 unspecified atom stereocenters. The van der Waals surface area contributed by atoms with Crippen LogP contribution < -0.4 is 11.1 Å². The largest absolute Gasteiger partial charge is 0.350 e. The molecule has 0 spiro atoms. The molecular formula is C11H14ClFN2O. The van der Waals surface area contributed by atoms with E-state index in [4.69, 9.17) is 17.3 Å². The molecule has 88 valence electrons. The molecule has 0 aliphatic rings. The Morgan fingerprint density at radius 2 is 2.31 bits per heavy atom. The minimum Gasteiger partial charge on any atom is -0.350 e. The van der Waals surface area contributed by atoms with Gasteiger partial charge in [-0.1, -0.05) is 18.5 Å². The molecule has 0 heterocycles. The number of amides is 1. The van der Waals surface area contributed by atoms with Crippen molar-refractivity contribution in [3.8, 4) is 0 Å². The van der Waals surface area contributed by atoms with Crippen LogP contribution in [-0.4, -0.2) is 18.5 Å². The van der Waals surface area contributed by atoms with E-state index >= 15 is 0 Å². The predicted octanol–water partition coefficient (Wildman–Crippen LogP) is 1.95. The molecule has 1 aromatic carbocycles. The van der Waals surface area contributed by atoms with Gasteiger partial charge in [-0.2, -0.15) is 0 Å². The summed E-state index contributed by atoms with van der Waals surface area (Å²) in [5, 5.41) is 2.83. The molecule has 1 amide bonds. The summed E-state index contributed by atoms with van der Waals surface area (Å²) in [7, 11) is 0. The molecule has 0 aliphatic heterocycles. The molecule has 5 heteroatoms. The molecule has 16 heavy (non-hydrogen) atoms. The number of nitrogens with one attached hydrogen (secondary N) is 1. The average molecular weight is 245 g/mol. The van der Waals surface area contributed by atoms with Crippen LogP contribution in [0.3, 0.4) is 0 Å². The Kier molecular flexibility index (Phi) is 4.71. The normalized spacial score (nSPS) is 12.2. The van der Waals surface area contributed by atoms with Crippen molar-refractivity contribution in [2.75, 3.05) is 6.54 Å². The first-order valence-corrected chi connectivity index (χ1v) is 5.41. The van der Waals surface area contributed by atoms with Crippen LogP contribution in [0.15, 0.2) is 18.2 Å². The minimum atomic E-state index is -0.630. The van der Waals surface area contributed by atoms with Gasteiger partial charge in [0.25, 0.3) is 5.91 Å². The fourth-order valence-electron chi connectivity index (χ4n) is 1.14. The molecule has 1 aromatic rings. The fourth-order valence-corrected chi connectivity index (χ4v) is 1.30. The van der Waals surface area contributed by atoms with Gasteiger partial charge >= 0.3 is 0 Å². The van der Waals surface area contributed by atoms with Crippen LogP contribution in [-0.2, 0) is 0 Å². The number of carbonyl (C=O) groups excluding carboxylic acids is 1. The Morgan fingerprint density at radius 3 is 2.88 bits per heavy atom. The second-order valence-electron chi connectivity index (χ2n) is 3.50. The van der Waals surface area contributed by atoms with E-state index in [0.717, 1.165) is 12.5 Å². The SMILES string of the molecule is CCC(N)CNC(=O)c1ccc(Cl)cc1F. The van der Waals surface area contributed by atoms with Crippen LogP contribution in [0, 0.1) is 5.82 Å². The first-order valence-electron chi connectivity index (χ1n) is 5.03. The van der Waals surface area contributed by atoms with E-state index in [1.54, 1.807) is 0 Å². The van der Waals surface area contributed by atoms with Crippen LogP contribution >= 0.6 is 11.6 Å². The van der Waals surface area contributed by atoms with Crippen molar-refractivity contribution in [1.29, 1.82) is 0 Å². The van der Waals surface area contributed by atoms with Gasteiger partial charge in [-0.05, 0) is 24.6 Å². The third-order valence-corrected chi connectivity index (χ3v) is 2.46. The average Bonchev–Trinajstić information content (AvgIpc) is 2.25. The number of halogens is 2. The van der Waals surface area contributed by atoms with Gasteiger partial charge in [0.2, 0.25) is 0 Å². The second-order valence-corrected chi connectivity index (χ2v) is 3.94. The van der Waals surface area contributed by atoms with Gasteiger partial charge < -0.3 is 11.1 Å². The summed E-state index contributed by atoms with van der Waals surface area (Å²) in [6, 6.07) is 3.82. The highest BCUT2D eigenvalue weighted by Crippen LogP contribution is 2.14. The Bertz CT molecular complexity index is 384. The number of benzene rings is 1. The number of carbonyl (C=O) groups is 1. The summed E-state index contributed by atoms with van der Waals surface area (Å²) >= 11 is 5.58. The highest BCUT2D eigenvalue weighted by atomic mass is 35.5. The van der Waals surface area contributed by atoms with Gasteiger partial charge in [0.1, 0.15) is 5.82 Å². The summed E-state index contributed by atoms with van der Waals surface area (Å²) in [6.45, 7) is 2.25. The molecule has 0 saturated carbocycles. The summed E-state index contributed by atoms with van der Waals surface area (Å²) in [4.78, 5) is 11.5. The summed E-state index contributed by atoms with van der Waals surface area (Å²) in [5.41, 5.74) is 5.61. The molecule has 1 rings (SSSR count). The lowest BCUT2D eigenvalue weighted by Crippen LogP contribution is -2.37. The molecule has 3 N–H and O–H groups in total. The Labute approximate surface area is 98.8 Å². The zero-order chi connectivity index (χ0) is 12.1. The number of hydrogen-bond donors (Lipinski definition) is 2. The Balaban J connectivity index is 2.66. The maximum Gasteiger partial charge on any atom is 0.254 e. The summed E-state index contributed by atoms with van der Waals surface area (Å²) < 4.78 is 13.3. The lowest BCUT2D eigenvalue weighted by molar-refractivity contribution is 0.0947. The Hall–Kier alpha value is -1.13. The minimum absolute atomic E-state index is 0.0206. The molecule has 0 bridgehead atoms. The van der Waals surface area contributed by atoms with Crippen LogP contribution in [0.1, 0.15) is 23.7 Å². The van der Waals surface area contributed by atoms with Crippen LogP contribution in [0.25, 0.3) is 0 Å². The van der Waals surface area contributed by atoms with Crippen molar-refractivity contribution < 1.29 is 9.18 Å². The van der Waals surface area contributed by atoms with Gasteiger partial charge in [-0.15, -0.1) is 0 Å². The van der Waals surface area contributed by atoms with Crippen LogP contribution in [0.2, 0.25) is 5.02 Å². The van der Waals surface area contributed by atoms with E-state index in [1.807, 2.05) is 6.92 Å². The molecule has 0 fully saturated rings. The van der Waals surface area contributed by atoms with E-state index in [9.17, 15) is 9.18 Å². The fraction of sp³-hybridized carbons (Fsp3) is 0.364. The third-order valence-electron chi connectivity index (χ3n) is 2.22. The molecule has 0 radical (unpaired) electrons. The summed E-state index contributed by atoms with van der Waals surface area (Å²) in [6.07, 6.45) is 0.753. The quantitative estimate of drug-likeness (QED) is 0.851. The zero-order valence-electron chi connectivity index (χ0n) is 8.97. The van der Waals surface area contributed by atoms with Crippen molar-refractivity contribution in [3.05, 3.63) is 34.6 Å². The molecule has 3 nitrogen and oxygen atoms in total. The molecule has 0 aliphatic carbocycles. The maximum atomic E-state index is 13.3. The number of nitrogens with two attached hydrogens (primary N) is 1. The van der Waals surface area contributed by atoms with Gasteiger partial charge in [0.05, 0.1) is 5.56 Å². The summed E-state index contributed by atoms with van der Waals surface area (Å²) in [5.74, 6) is -1.10.